The van der Waals surface area contributed by atoms with Crippen molar-refractivity contribution in [1.82, 2.24) is 10.2 Å². The molecule has 1 aromatic carbocycles. The fraction of sp³-hybridized carbons (Fsp3) is 0.476. The van der Waals surface area contributed by atoms with Crippen LogP contribution in [0.1, 0.15) is 24.1 Å². The lowest BCUT2D eigenvalue weighted by molar-refractivity contribution is -0.121. The Morgan fingerprint density at radius 3 is 2.86 bits per heavy atom. The van der Waals surface area contributed by atoms with Crippen molar-refractivity contribution in [3.63, 3.8) is 0 Å². The number of carbonyl (C=O) groups excluding carboxylic acids is 1. The fourth-order valence-corrected chi connectivity index (χ4v) is 4.37. The number of hydrogen-bond acceptors (Lipinski definition) is 5. The molecule has 0 spiro atoms. The number of methoxy groups -OCH3 is 1. The van der Waals surface area contributed by atoms with Gasteiger partial charge in [-0.3, -0.25) is 9.69 Å². The number of nitrogens with zero attached hydrogens (tertiary/aromatic N) is 1. The first-order valence-electron chi connectivity index (χ1n) is 9.73. The second-order valence-corrected chi connectivity index (χ2v) is 8.59. The normalized spacial score (nSPS) is 15.4. The van der Waals surface area contributed by atoms with Gasteiger partial charge in [-0.1, -0.05) is 17.7 Å². The summed E-state index contributed by atoms with van der Waals surface area (Å²) in [4.78, 5) is 16.1. The second kappa shape index (κ2) is 10.7. The molecule has 0 aliphatic carbocycles. The van der Waals surface area contributed by atoms with Crippen LogP contribution in [0.25, 0.3) is 0 Å². The first-order valence-corrected chi connectivity index (χ1v) is 11.0. The summed E-state index contributed by atoms with van der Waals surface area (Å²) in [6, 6.07) is 9.71. The highest BCUT2D eigenvalue weighted by molar-refractivity contribution is 7.09. The van der Waals surface area contributed by atoms with Crippen LogP contribution in [0.15, 0.2) is 35.7 Å². The summed E-state index contributed by atoms with van der Waals surface area (Å²) in [5.41, 5.74) is 0.806. The summed E-state index contributed by atoms with van der Waals surface area (Å²) in [5.74, 6) is 1.37. The molecule has 28 heavy (non-hydrogen) atoms. The average molecular weight is 422 g/mol. The Hall–Kier alpha value is -1.76. The third-order valence-electron chi connectivity index (χ3n) is 5.08. The lowest BCUT2D eigenvalue weighted by Crippen LogP contribution is -2.38. The molecule has 0 radical (unpaired) electrons. The van der Waals surface area contributed by atoms with Crippen molar-refractivity contribution in [2.45, 2.75) is 25.8 Å². The minimum atomic E-state index is 0.0783. The lowest BCUT2D eigenvalue weighted by Gasteiger charge is -2.31. The Morgan fingerprint density at radius 1 is 1.32 bits per heavy atom. The van der Waals surface area contributed by atoms with Crippen molar-refractivity contribution in [2.75, 3.05) is 38.6 Å². The van der Waals surface area contributed by atoms with Crippen molar-refractivity contribution in [3.05, 3.63) is 45.6 Å². The molecule has 2 heterocycles. The Kier molecular flexibility index (Phi) is 8.01. The van der Waals surface area contributed by atoms with Crippen molar-refractivity contribution >= 4 is 34.5 Å². The predicted molar refractivity (Wildman–Crippen MR) is 116 cm³/mol. The van der Waals surface area contributed by atoms with Gasteiger partial charge in [-0.05, 0) is 61.5 Å². The smallest absolute Gasteiger partial charge is 0.221 e. The van der Waals surface area contributed by atoms with Crippen LogP contribution in [0.4, 0.5) is 5.69 Å². The largest absolute Gasteiger partial charge is 0.495 e. The van der Waals surface area contributed by atoms with Crippen LogP contribution < -0.4 is 15.4 Å². The Morgan fingerprint density at radius 2 is 2.14 bits per heavy atom. The van der Waals surface area contributed by atoms with E-state index in [9.17, 15) is 4.79 Å². The van der Waals surface area contributed by atoms with E-state index in [1.54, 1.807) is 13.2 Å². The first-order chi connectivity index (χ1) is 13.6. The highest BCUT2D eigenvalue weighted by Crippen LogP contribution is 2.27. The number of benzene rings is 1. The van der Waals surface area contributed by atoms with Crippen molar-refractivity contribution in [2.24, 2.45) is 5.92 Å². The van der Waals surface area contributed by atoms with Gasteiger partial charge in [0.2, 0.25) is 5.91 Å². The number of anilines is 1. The number of hydrogen-bond donors (Lipinski definition) is 2. The van der Waals surface area contributed by atoms with Gasteiger partial charge in [-0.25, -0.2) is 0 Å². The summed E-state index contributed by atoms with van der Waals surface area (Å²) in [6.45, 7) is 4.58. The zero-order valence-corrected chi connectivity index (χ0v) is 17.8. The van der Waals surface area contributed by atoms with Crippen LogP contribution >= 0.6 is 22.9 Å². The van der Waals surface area contributed by atoms with E-state index in [-0.39, 0.29) is 5.91 Å². The van der Waals surface area contributed by atoms with Crippen molar-refractivity contribution in [1.29, 1.82) is 0 Å². The Balaban J connectivity index is 1.31. The van der Waals surface area contributed by atoms with E-state index < -0.39 is 0 Å². The molecule has 0 unspecified atom stereocenters. The molecule has 1 amide bonds. The lowest BCUT2D eigenvalue weighted by atomic mass is 9.96. The third-order valence-corrected chi connectivity index (χ3v) is 6.18. The van der Waals surface area contributed by atoms with E-state index >= 15 is 0 Å². The molecular weight excluding hydrogens is 394 g/mol. The molecule has 1 aliphatic heterocycles. The molecular formula is C21H28ClN3O2S. The molecule has 3 rings (SSSR count). The van der Waals surface area contributed by atoms with Gasteiger partial charge in [-0.15, -0.1) is 11.3 Å². The summed E-state index contributed by atoms with van der Waals surface area (Å²) < 4.78 is 5.30. The second-order valence-electron chi connectivity index (χ2n) is 7.12. The number of nitrogens with one attached hydrogen (secondary N) is 2. The van der Waals surface area contributed by atoms with E-state index in [4.69, 9.17) is 16.3 Å². The monoisotopic (exact) mass is 421 g/mol. The molecule has 7 heteroatoms. The van der Waals surface area contributed by atoms with Crippen LogP contribution in [0.2, 0.25) is 5.02 Å². The van der Waals surface area contributed by atoms with Gasteiger partial charge in [0.1, 0.15) is 5.75 Å². The van der Waals surface area contributed by atoms with E-state index in [0.717, 1.165) is 50.5 Å². The number of rotatable bonds is 9. The zero-order valence-electron chi connectivity index (χ0n) is 16.2. The number of carbonyl (C=O) groups is 1. The van der Waals surface area contributed by atoms with Crippen LogP contribution in [0.5, 0.6) is 5.75 Å². The first kappa shape index (κ1) is 21.0. The minimum Gasteiger partial charge on any atom is -0.495 e. The number of likely N-dealkylation sites (tertiary alicyclic amines) is 1. The SMILES string of the molecule is COc1ccc(Cl)cc1NCCC(=O)NCC1CCN(Cc2cccs2)CC1. The van der Waals surface area contributed by atoms with Gasteiger partial charge in [0.05, 0.1) is 12.8 Å². The van der Waals surface area contributed by atoms with Gasteiger partial charge in [0.25, 0.3) is 0 Å². The number of amides is 1. The van der Waals surface area contributed by atoms with Gasteiger partial charge < -0.3 is 15.4 Å². The van der Waals surface area contributed by atoms with Crippen LogP contribution in [-0.2, 0) is 11.3 Å². The molecule has 1 aromatic heterocycles. The Labute approximate surface area is 176 Å². The quantitative estimate of drug-likeness (QED) is 0.635. The van der Waals surface area contributed by atoms with E-state index in [1.807, 2.05) is 23.5 Å². The van der Waals surface area contributed by atoms with Crippen LogP contribution in [-0.4, -0.2) is 44.1 Å². The highest BCUT2D eigenvalue weighted by Gasteiger charge is 2.20. The number of thiophene rings is 1. The van der Waals surface area contributed by atoms with Crippen LogP contribution in [0.3, 0.4) is 0 Å². The van der Waals surface area contributed by atoms with E-state index in [0.29, 0.717) is 23.9 Å². The maximum absolute atomic E-state index is 12.2. The summed E-state index contributed by atoms with van der Waals surface area (Å²) in [5, 5.41) is 9.08. The maximum Gasteiger partial charge on any atom is 0.221 e. The molecule has 1 aliphatic rings. The topological polar surface area (TPSA) is 53.6 Å². The standard InChI is InChI=1S/C21H28ClN3O2S/c1-27-20-5-4-17(22)13-19(20)23-9-6-21(26)24-14-16-7-10-25(11-8-16)15-18-3-2-12-28-18/h2-5,12-13,16,23H,6-11,14-15H2,1H3,(H,24,26). The maximum atomic E-state index is 12.2. The summed E-state index contributed by atoms with van der Waals surface area (Å²) in [7, 11) is 1.62. The molecule has 0 bridgehead atoms. The summed E-state index contributed by atoms with van der Waals surface area (Å²) in [6.07, 6.45) is 2.71. The Bertz CT molecular complexity index is 746. The van der Waals surface area contributed by atoms with Crippen LogP contribution in [0, 0.1) is 5.92 Å². The zero-order chi connectivity index (χ0) is 19.8. The minimum absolute atomic E-state index is 0.0783. The number of ether oxygens (including phenoxy) is 1. The highest BCUT2D eigenvalue weighted by atomic mass is 35.5. The molecule has 0 saturated carbocycles. The van der Waals surface area contributed by atoms with Gasteiger partial charge >= 0.3 is 0 Å². The van der Waals surface area contributed by atoms with Gasteiger partial charge in [0.15, 0.2) is 0 Å². The molecule has 5 nitrogen and oxygen atoms in total. The third kappa shape index (κ3) is 6.40. The number of piperidine rings is 1. The molecule has 1 saturated heterocycles. The fourth-order valence-electron chi connectivity index (χ4n) is 3.45. The predicted octanol–water partition coefficient (Wildman–Crippen LogP) is 4.24. The van der Waals surface area contributed by atoms with Gasteiger partial charge in [-0.2, -0.15) is 0 Å². The molecule has 2 aromatic rings. The van der Waals surface area contributed by atoms with Crippen molar-refractivity contribution < 1.29 is 9.53 Å². The average Bonchev–Trinajstić information content (AvgIpc) is 3.21. The molecule has 152 valence electrons. The van der Waals surface area contributed by atoms with E-state index in [2.05, 4.69) is 33.0 Å². The molecule has 2 N–H and O–H groups in total. The van der Waals surface area contributed by atoms with Gasteiger partial charge in [0, 0.05) is 36.0 Å². The van der Waals surface area contributed by atoms with Crippen molar-refractivity contribution in [3.8, 4) is 5.75 Å². The molecule has 0 atom stereocenters. The summed E-state index contributed by atoms with van der Waals surface area (Å²) >= 11 is 7.84. The number of halogens is 1. The van der Waals surface area contributed by atoms with E-state index in [1.165, 1.54) is 4.88 Å². The molecule has 1 fully saturated rings.